The number of nitrogens with two attached hydrogens (primary N) is 1. The molecule has 0 aliphatic carbocycles. The monoisotopic (exact) mass is 379 g/mol. The fourth-order valence-corrected chi connectivity index (χ4v) is 3.62. The Morgan fingerprint density at radius 3 is 2.93 bits per heavy atom. The minimum Gasteiger partial charge on any atom is -0.394 e. The Kier molecular flexibility index (Phi) is 4.64. The predicted octanol–water partition coefficient (Wildman–Crippen LogP) is 4.16. The van der Waals surface area contributed by atoms with E-state index in [1.807, 2.05) is 18.3 Å². The summed E-state index contributed by atoms with van der Waals surface area (Å²) in [6, 6.07) is 10.4. The first-order valence-corrected chi connectivity index (χ1v) is 9.61. The van der Waals surface area contributed by atoms with Gasteiger partial charge in [-0.05, 0) is 43.5 Å². The number of H-pyrrole nitrogens is 1. The van der Waals surface area contributed by atoms with E-state index in [-0.39, 0.29) is 6.04 Å². The lowest BCUT2D eigenvalue weighted by Crippen LogP contribution is -2.27. The first-order chi connectivity index (χ1) is 13.1. The summed E-state index contributed by atoms with van der Waals surface area (Å²) in [5, 5.41) is 13.5. The molecular weight excluding hydrogens is 358 g/mol. The zero-order chi connectivity index (χ0) is 18.8. The number of nitrogen functional groups attached to an aromatic ring is 1. The summed E-state index contributed by atoms with van der Waals surface area (Å²) in [5.74, 6) is 1.24. The van der Waals surface area contributed by atoms with Crippen molar-refractivity contribution in [2.24, 2.45) is 0 Å². The van der Waals surface area contributed by atoms with E-state index in [1.54, 1.807) is 17.5 Å². The Morgan fingerprint density at radius 1 is 1.26 bits per heavy atom. The molecule has 0 radical (unpaired) electrons. The van der Waals surface area contributed by atoms with Gasteiger partial charge in [-0.15, -0.1) is 11.3 Å². The van der Waals surface area contributed by atoms with Crippen molar-refractivity contribution in [1.29, 1.82) is 0 Å². The third-order valence-corrected chi connectivity index (χ3v) is 5.12. The molecule has 0 atom stereocenters. The van der Waals surface area contributed by atoms with Crippen molar-refractivity contribution in [1.82, 2.24) is 20.2 Å². The van der Waals surface area contributed by atoms with Gasteiger partial charge in [0.2, 0.25) is 5.95 Å². The van der Waals surface area contributed by atoms with Crippen LogP contribution in [0.3, 0.4) is 0 Å². The molecule has 27 heavy (non-hydrogen) atoms. The van der Waals surface area contributed by atoms with Crippen molar-refractivity contribution in [2.75, 3.05) is 16.0 Å². The van der Waals surface area contributed by atoms with Crippen LogP contribution < -0.4 is 16.0 Å². The molecule has 8 heteroatoms. The van der Waals surface area contributed by atoms with Gasteiger partial charge < -0.3 is 16.0 Å². The Morgan fingerprint density at radius 2 is 2.15 bits per heavy atom. The number of anilines is 4. The van der Waals surface area contributed by atoms with Crippen molar-refractivity contribution < 1.29 is 0 Å². The van der Waals surface area contributed by atoms with Gasteiger partial charge in [-0.2, -0.15) is 10.1 Å². The zero-order valence-corrected chi connectivity index (χ0v) is 16.0. The van der Waals surface area contributed by atoms with Gasteiger partial charge in [0, 0.05) is 22.0 Å². The summed E-state index contributed by atoms with van der Waals surface area (Å²) >= 11 is 1.70. The minimum absolute atomic E-state index is 0.160. The third kappa shape index (κ3) is 3.56. The largest absolute Gasteiger partial charge is 0.394 e. The maximum absolute atomic E-state index is 6.24. The molecule has 0 fully saturated rings. The maximum Gasteiger partial charge on any atom is 0.225 e. The molecule has 138 valence electrons. The van der Waals surface area contributed by atoms with Crippen LogP contribution in [-0.4, -0.2) is 26.2 Å². The van der Waals surface area contributed by atoms with Gasteiger partial charge in [-0.1, -0.05) is 6.07 Å². The highest BCUT2D eigenvalue weighted by atomic mass is 32.1. The molecule has 0 spiro atoms. The molecule has 0 saturated heterocycles. The minimum atomic E-state index is 0.160. The highest BCUT2D eigenvalue weighted by Gasteiger charge is 2.19. The predicted molar refractivity (Wildman–Crippen MR) is 111 cm³/mol. The van der Waals surface area contributed by atoms with Crippen molar-refractivity contribution in [3.8, 4) is 0 Å². The summed E-state index contributed by atoms with van der Waals surface area (Å²) in [7, 11) is 0. The van der Waals surface area contributed by atoms with E-state index in [2.05, 4.69) is 62.8 Å². The van der Waals surface area contributed by atoms with E-state index in [1.165, 1.54) is 4.88 Å². The molecule has 3 aromatic heterocycles. The molecule has 4 aromatic rings. The van der Waals surface area contributed by atoms with Crippen molar-refractivity contribution in [3.63, 3.8) is 0 Å². The first-order valence-electron chi connectivity index (χ1n) is 8.73. The van der Waals surface area contributed by atoms with Gasteiger partial charge in [0.25, 0.3) is 0 Å². The highest BCUT2D eigenvalue weighted by molar-refractivity contribution is 7.09. The van der Waals surface area contributed by atoms with Crippen LogP contribution in [0.4, 0.5) is 23.1 Å². The van der Waals surface area contributed by atoms with Crippen LogP contribution in [-0.2, 0) is 6.54 Å². The van der Waals surface area contributed by atoms with Gasteiger partial charge in [-0.3, -0.25) is 5.10 Å². The summed E-state index contributed by atoms with van der Waals surface area (Å²) in [6.07, 6.45) is 3.47. The molecule has 4 rings (SSSR count). The van der Waals surface area contributed by atoms with Crippen molar-refractivity contribution in [3.05, 3.63) is 53.0 Å². The SMILES string of the molecule is CC(C)N(c1ccc2cn[nH]c2c1)c1nc(NCc2cccs2)ncc1N. The van der Waals surface area contributed by atoms with E-state index < -0.39 is 0 Å². The Hall–Kier alpha value is -3.13. The van der Waals surface area contributed by atoms with Gasteiger partial charge in [0.1, 0.15) is 0 Å². The molecule has 4 N–H and O–H groups in total. The highest BCUT2D eigenvalue weighted by Crippen LogP contribution is 2.32. The smallest absolute Gasteiger partial charge is 0.225 e. The number of hydrogen-bond acceptors (Lipinski definition) is 7. The molecule has 0 amide bonds. The quantitative estimate of drug-likeness (QED) is 0.466. The van der Waals surface area contributed by atoms with Crippen LogP contribution in [0.1, 0.15) is 18.7 Å². The van der Waals surface area contributed by atoms with E-state index in [9.17, 15) is 0 Å². The Balaban J connectivity index is 1.68. The lowest BCUT2D eigenvalue weighted by Gasteiger charge is -2.29. The van der Waals surface area contributed by atoms with Crippen LogP contribution >= 0.6 is 11.3 Å². The zero-order valence-electron chi connectivity index (χ0n) is 15.2. The van der Waals surface area contributed by atoms with Crippen molar-refractivity contribution in [2.45, 2.75) is 26.4 Å². The van der Waals surface area contributed by atoms with Crippen LogP contribution in [0.5, 0.6) is 0 Å². The molecular formula is C19H21N7S. The Labute approximate surface area is 161 Å². The number of nitrogens with one attached hydrogen (secondary N) is 2. The number of fused-ring (bicyclic) bond motifs is 1. The molecule has 3 heterocycles. The second-order valence-corrected chi connectivity index (χ2v) is 7.54. The van der Waals surface area contributed by atoms with Gasteiger partial charge in [0.15, 0.2) is 5.82 Å². The normalized spacial score (nSPS) is 11.2. The topological polar surface area (TPSA) is 95.8 Å². The average molecular weight is 379 g/mol. The second kappa shape index (κ2) is 7.24. The van der Waals surface area contributed by atoms with E-state index in [0.29, 0.717) is 24.0 Å². The fourth-order valence-electron chi connectivity index (χ4n) is 2.98. The second-order valence-electron chi connectivity index (χ2n) is 6.51. The molecule has 0 bridgehead atoms. The molecule has 0 aliphatic heterocycles. The van der Waals surface area contributed by atoms with E-state index in [4.69, 9.17) is 10.7 Å². The lowest BCUT2D eigenvalue weighted by molar-refractivity contribution is 0.777. The molecule has 0 unspecified atom stereocenters. The number of rotatable bonds is 6. The number of aromatic nitrogens is 4. The fraction of sp³-hybridized carbons (Fsp3) is 0.211. The number of nitrogens with zero attached hydrogens (tertiary/aromatic N) is 4. The van der Waals surface area contributed by atoms with Crippen LogP contribution in [0, 0.1) is 0 Å². The summed E-state index contributed by atoms with van der Waals surface area (Å²) in [4.78, 5) is 12.4. The number of hydrogen-bond donors (Lipinski definition) is 3. The van der Waals surface area contributed by atoms with Crippen LogP contribution in [0.2, 0.25) is 0 Å². The first kappa shape index (κ1) is 17.3. The third-order valence-electron chi connectivity index (χ3n) is 4.25. The van der Waals surface area contributed by atoms with Crippen LogP contribution in [0.25, 0.3) is 10.9 Å². The molecule has 7 nitrogen and oxygen atoms in total. The number of benzene rings is 1. The summed E-state index contributed by atoms with van der Waals surface area (Å²) in [6.45, 7) is 4.90. The number of aromatic amines is 1. The van der Waals surface area contributed by atoms with E-state index >= 15 is 0 Å². The van der Waals surface area contributed by atoms with Gasteiger partial charge >= 0.3 is 0 Å². The lowest BCUT2D eigenvalue weighted by atomic mass is 10.2. The van der Waals surface area contributed by atoms with Crippen molar-refractivity contribution >= 4 is 45.4 Å². The molecule has 0 aliphatic rings. The van der Waals surface area contributed by atoms with Crippen LogP contribution in [0.15, 0.2) is 48.1 Å². The molecule has 0 saturated carbocycles. The van der Waals surface area contributed by atoms with Gasteiger partial charge in [0.05, 0.1) is 30.1 Å². The Bertz CT molecular complexity index is 1040. The standard InChI is InChI=1S/C19H21N7S/c1-12(2)26(14-6-5-13-9-23-25-17(13)8-14)18-16(20)11-22-19(24-18)21-10-15-4-3-7-27-15/h3-9,11-12H,10,20H2,1-2H3,(H,23,25)(H,21,22,24). The van der Waals surface area contributed by atoms with E-state index in [0.717, 1.165) is 16.6 Å². The molecule has 1 aromatic carbocycles. The average Bonchev–Trinajstić information content (AvgIpc) is 3.33. The maximum atomic E-state index is 6.24. The summed E-state index contributed by atoms with van der Waals surface area (Å²) < 4.78 is 0. The summed E-state index contributed by atoms with van der Waals surface area (Å²) in [5.41, 5.74) is 8.74. The van der Waals surface area contributed by atoms with Gasteiger partial charge in [-0.25, -0.2) is 4.98 Å². The number of thiophene rings is 1.